The highest BCUT2D eigenvalue weighted by molar-refractivity contribution is 6.07. The van der Waals surface area contributed by atoms with Gasteiger partial charge in [-0.2, -0.15) is 0 Å². The van der Waals surface area contributed by atoms with Crippen molar-refractivity contribution >= 4 is 11.6 Å². The lowest BCUT2D eigenvalue weighted by Gasteiger charge is -2.24. The molecule has 0 fully saturated rings. The number of rotatable bonds is 5. The Kier molecular flexibility index (Phi) is 4.19. The lowest BCUT2D eigenvalue weighted by atomic mass is 9.86. The highest BCUT2D eigenvalue weighted by Crippen LogP contribution is 2.41. The number of nitrogens with one attached hydrogen (secondary N) is 1. The van der Waals surface area contributed by atoms with Crippen molar-refractivity contribution in [3.05, 3.63) is 29.8 Å². The Hall–Kier alpha value is -1.35. The van der Waals surface area contributed by atoms with Crippen molar-refractivity contribution in [2.75, 3.05) is 18.0 Å². The average molecular weight is 274 g/mol. The Labute approximate surface area is 122 Å². The number of fused-ring (bicyclic) bond motifs is 1. The number of hydrogen-bond acceptors (Lipinski definition) is 2. The van der Waals surface area contributed by atoms with E-state index in [-0.39, 0.29) is 5.91 Å². The first kappa shape index (κ1) is 15.0. The van der Waals surface area contributed by atoms with Crippen LogP contribution in [0.4, 0.5) is 5.69 Å². The van der Waals surface area contributed by atoms with Crippen LogP contribution in [-0.2, 0) is 10.2 Å². The second kappa shape index (κ2) is 5.57. The summed E-state index contributed by atoms with van der Waals surface area (Å²) in [4.78, 5) is 14.6. The Morgan fingerprint density at radius 2 is 1.85 bits per heavy atom. The fourth-order valence-electron chi connectivity index (χ4n) is 2.79. The maximum atomic E-state index is 12.7. The van der Waals surface area contributed by atoms with E-state index in [9.17, 15) is 4.79 Å². The quantitative estimate of drug-likeness (QED) is 0.895. The molecule has 0 spiro atoms. The third kappa shape index (κ3) is 2.73. The molecule has 1 heterocycles. The van der Waals surface area contributed by atoms with Gasteiger partial charge in [0, 0.05) is 18.3 Å². The van der Waals surface area contributed by atoms with Crippen LogP contribution >= 0.6 is 0 Å². The standard InChI is InChI=1S/C17H26N2O/c1-12(2)18-10-13(3)11-19-15-9-7-6-8-14(15)17(4,5)16(19)20/h6-9,12-13,18H,10-11H2,1-5H3. The van der Waals surface area contributed by atoms with Crippen molar-refractivity contribution in [3.8, 4) is 0 Å². The summed E-state index contributed by atoms with van der Waals surface area (Å²) < 4.78 is 0. The van der Waals surface area contributed by atoms with Gasteiger partial charge in [0.25, 0.3) is 0 Å². The molecule has 1 unspecified atom stereocenters. The molecule has 2 rings (SSSR count). The number of carbonyl (C=O) groups excluding carboxylic acids is 1. The highest BCUT2D eigenvalue weighted by atomic mass is 16.2. The van der Waals surface area contributed by atoms with Crippen LogP contribution in [0, 0.1) is 5.92 Å². The Bertz CT molecular complexity index is 494. The Morgan fingerprint density at radius 1 is 1.20 bits per heavy atom. The van der Waals surface area contributed by atoms with Crippen molar-refractivity contribution < 1.29 is 4.79 Å². The third-order valence-electron chi connectivity index (χ3n) is 4.02. The molecule has 1 N–H and O–H groups in total. The zero-order valence-electron chi connectivity index (χ0n) is 13.2. The SMILES string of the molecule is CC(CNC(C)C)CN1C(=O)C(C)(C)c2ccccc21. The first-order valence-corrected chi connectivity index (χ1v) is 7.49. The molecular formula is C17H26N2O. The Balaban J connectivity index is 2.15. The second-order valence-corrected chi connectivity index (χ2v) is 6.73. The molecule has 1 aliphatic rings. The zero-order chi connectivity index (χ0) is 14.9. The smallest absolute Gasteiger partial charge is 0.237 e. The van der Waals surface area contributed by atoms with Gasteiger partial charge in [0.2, 0.25) is 5.91 Å². The summed E-state index contributed by atoms with van der Waals surface area (Å²) in [5, 5.41) is 3.44. The predicted octanol–water partition coefficient (Wildman–Crippen LogP) is 2.94. The van der Waals surface area contributed by atoms with E-state index >= 15 is 0 Å². The molecule has 0 bridgehead atoms. The minimum absolute atomic E-state index is 0.218. The summed E-state index contributed by atoms with van der Waals surface area (Å²) >= 11 is 0. The van der Waals surface area contributed by atoms with Gasteiger partial charge in [-0.1, -0.05) is 39.0 Å². The molecular weight excluding hydrogens is 248 g/mol. The molecule has 110 valence electrons. The van der Waals surface area contributed by atoms with Gasteiger partial charge in [-0.15, -0.1) is 0 Å². The largest absolute Gasteiger partial charge is 0.314 e. The van der Waals surface area contributed by atoms with Gasteiger partial charge in [0.05, 0.1) is 5.41 Å². The van der Waals surface area contributed by atoms with E-state index in [4.69, 9.17) is 0 Å². The number of hydrogen-bond donors (Lipinski definition) is 1. The number of para-hydroxylation sites is 1. The first-order valence-electron chi connectivity index (χ1n) is 7.49. The number of anilines is 1. The zero-order valence-corrected chi connectivity index (χ0v) is 13.2. The normalized spacial score (nSPS) is 18.5. The minimum Gasteiger partial charge on any atom is -0.314 e. The number of carbonyl (C=O) groups is 1. The molecule has 0 aromatic heterocycles. The van der Waals surface area contributed by atoms with Crippen LogP contribution in [-0.4, -0.2) is 25.0 Å². The molecule has 3 nitrogen and oxygen atoms in total. The van der Waals surface area contributed by atoms with E-state index in [2.05, 4.69) is 38.2 Å². The van der Waals surface area contributed by atoms with Crippen LogP contribution < -0.4 is 10.2 Å². The van der Waals surface area contributed by atoms with E-state index in [1.807, 2.05) is 30.9 Å². The van der Waals surface area contributed by atoms with Gasteiger partial charge in [-0.3, -0.25) is 4.79 Å². The van der Waals surface area contributed by atoms with Crippen LogP contribution in [0.3, 0.4) is 0 Å². The van der Waals surface area contributed by atoms with Crippen LogP contribution in [0.5, 0.6) is 0 Å². The molecule has 1 aromatic rings. The van der Waals surface area contributed by atoms with Crippen molar-refractivity contribution in [2.45, 2.75) is 46.1 Å². The van der Waals surface area contributed by atoms with Gasteiger partial charge in [-0.05, 0) is 37.9 Å². The molecule has 3 heteroatoms. The second-order valence-electron chi connectivity index (χ2n) is 6.73. The van der Waals surface area contributed by atoms with Crippen LogP contribution in [0.1, 0.15) is 40.2 Å². The molecule has 1 atom stereocenters. The number of nitrogens with zero attached hydrogens (tertiary/aromatic N) is 1. The van der Waals surface area contributed by atoms with E-state index in [0.29, 0.717) is 12.0 Å². The first-order chi connectivity index (χ1) is 9.34. The van der Waals surface area contributed by atoms with E-state index in [1.165, 1.54) is 0 Å². The molecule has 0 aliphatic carbocycles. The van der Waals surface area contributed by atoms with Crippen LogP contribution in [0.25, 0.3) is 0 Å². The molecule has 1 aliphatic heterocycles. The molecule has 0 saturated carbocycles. The molecule has 1 amide bonds. The molecule has 1 aromatic carbocycles. The monoisotopic (exact) mass is 274 g/mol. The van der Waals surface area contributed by atoms with E-state index in [0.717, 1.165) is 24.3 Å². The van der Waals surface area contributed by atoms with Crippen LogP contribution in [0.2, 0.25) is 0 Å². The maximum Gasteiger partial charge on any atom is 0.237 e. The van der Waals surface area contributed by atoms with Gasteiger partial charge in [0.1, 0.15) is 0 Å². The maximum absolute atomic E-state index is 12.7. The summed E-state index contributed by atoms with van der Waals surface area (Å²) in [7, 11) is 0. The van der Waals surface area contributed by atoms with Gasteiger partial charge >= 0.3 is 0 Å². The lowest BCUT2D eigenvalue weighted by Crippen LogP contribution is -2.41. The third-order valence-corrected chi connectivity index (χ3v) is 4.02. The Morgan fingerprint density at radius 3 is 2.50 bits per heavy atom. The van der Waals surface area contributed by atoms with Crippen LogP contribution in [0.15, 0.2) is 24.3 Å². The van der Waals surface area contributed by atoms with E-state index < -0.39 is 5.41 Å². The topological polar surface area (TPSA) is 32.3 Å². The van der Waals surface area contributed by atoms with E-state index in [1.54, 1.807) is 0 Å². The lowest BCUT2D eigenvalue weighted by molar-refractivity contribution is -0.122. The van der Waals surface area contributed by atoms with Crippen molar-refractivity contribution in [1.82, 2.24) is 5.32 Å². The van der Waals surface area contributed by atoms with Crippen molar-refractivity contribution in [3.63, 3.8) is 0 Å². The van der Waals surface area contributed by atoms with Gasteiger partial charge < -0.3 is 10.2 Å². The molecule has 20 heavy (non-hydrogen) atoms. The van der Waals surface area contributed by atoms with Crippen molar-refractivity contribution in [1.29, 1.82) is 0 Å². The minimum atomic E-state index is -0.401. The van der Waals surface area contributed by atoms with Crippen molar-refractivity contribution in [2.24, 2.45) is 5.92 Å². The summed E-state index contributed by atoms with van der Waals surface area (Å²) in [5.74, 6) is 0.651. The number of amides is 1. The van der Waals surface area contributed by atoms with Gasteiger partial charge in [0.15, 0.2) is 0 Å². The summed E-state index contributed by atoms with van der Waals surface area (Å²) in [6.45, 7) is 12.2. The van der Waals surface area contributed by atoms with Gasteiger partial charge in [-0.25, -0.2) is 0 Å². The molecule has 0 radical (unpaired) electrons. The highest BCUT2D eigenvalue weighted by Gasteiger charge is 2.43. The summed E-state index contributed by atoms with van der Waals surface area (Å²) in [6, 6.07) is 8.64. The summed E-state index contributed by atoms with van der Waals surface area (Å²) in [5.41, 5.74) is 1.83. The average Bonchev–Trinajstić information content (AvgIpc) is 2.58. The fourth-order valence-corrected chi connectivity index (χ4v) is 2.79. The predicted molar refractivity (Wildman–Crippen MR) is 84.1 cm³/mol. The molecule has 0 saturated heterocycles. The number of benzene rings is 1. The summed E-state index contributed by atoms with van der Waals surface area (Å²) in [6.07, 6.45) is 0. The fraction of sp³-hybridized carbons (Fsp3) is 0.588.